The first-order chi connectivity index (χ1) is 12.0. The maximum atomic E-state index is 13.7. The standard InChI is InChI=1S/C18H17F2N3O2/c19-13-1-2-15(16(20)11-13)18(25)23-9-5-12(6-10-23)17(24)22-14-3-7-21-8-4-14/h1-4,7-8,11-12H,5-6,9-10H2,(H,21,22,24). The molecule has 1 N–H and O–H groups in total. The quantitative estimate of drug-likeness (QED) is 0.930. The second-order valence-electron chi connectivity index (χ2n) is 5.92. The number of aromatic nitrogens is 1. The highest BCUT2D eigenvalue weighted by Gasteiger charge is 2.29. The van der Waals surface area contributed by atoms with Crippen LogP contribution in [0.25, 0.3) is 0 Å². The number of amides is 2. The summed E-state index contributed by atoms with van der Waals surface area (Å²) in [7, 11) is 0. The molecule has 0 spiro atoms. The summed E-state index contributed by atoms with van der Waals surface area (Å²) in [4.78, 5) is 30.0. The fourth-order valence-corrected chi connectivity index (χ4v) is 2.86. The number of nitrogens with one attached hydrogen (secondary N) is 1. The van der Waals surface area contributed by atoms with Gasteiger partial charge in [-0.3, -0.25) is 14.6 Å². The van der Waals surface area contributed by atoms with Gasteiger partial charge < -0.3 is 10.2 Å². The first kappa shape index (κ1) is 17.0. The van der Waals surface area contributed by atoms with E-state index in [0.29, 0.717) is 37.7 Å². The molecular formula is C18H17F2N3O2. The third kappa shape index (κ3) is 3.99. The molecule has 0 unspecified atom stereocenters. The van der Waals surface area contributed by atoms with E-state index in [1.165, 1.54) is 4.90 Å². The third-order valence-electron chi connectivity index (χ3n) is 4.26. The van der Waals surface area contributed by atoms with Gasteiger partial charge in [-0.1, -0.05) is 0 Å². The molecule has 130 valence electrons. The first-order valence-corrected chi connectivity index (χ1v) is 8.00. The lowest BCUT2D eigenvalue weighted by molar-refractivity contribution is -0.121. The van der Waals surface area contributed by atoms with E-state index >= 15 is 0 Å². The van der Waals surface area contributed by atoms with Crippen molar-refractivity contribution in [1.82, 2.24) is 9.88 Å². The van der Waals surface area contributed by atoms with Crippen LogP contribution in [0.2, 0.25) is 0 Å². The minimum absolute atomic E-state index is 0.105. The Kier molecular flexibility index (Phi) is 5.02. The minimum Gasteiger partial charge on any atom is -0.339 e. The molecule has 5 nitrogen and oxygen atoms in total. The van der Waals surface area contributed by atoms with Crippen LogP contribution in [-0.4, -0.2) is 34.8 Å². The number of benzene rings is 1. The molecule has 1 aromatic heterocycles. The molecule has 0 aliphatic carbocycles. The van der Waals surface area contributed by atoms with Crippen molar-refractivity contribution in [2.24, 2.45) is 5.92 Å². The van der Waals surface area contributed by atoms with Crippen molar-refractivity contribution in [1.29, 1.82) is 0 Å². The number of hydrogen-bond acceptors (Lipinski definition) is 3. The fourth-order valence-electron chi connectivity index (χ4n) is 2.86. The number of likely N-dealkylation sites (tertiary alicyclic amines) is 1. The van der Waals surface area contributed by atoms with Crippen molar-refractivity contribution in [2.45, 2.75) is 12.8 Å². The molecule has 1 aliphatic rings. The Morgan fingerprint density at radius 1 is 1.08 bits per heavy atom. The SMILES string of the molecule is O=C(Nc1ccncc1)C1CCN(C(=O)c2ccc(F)cc2F)CC1. The Morgan fingerprint density at radius 2 is 1.76 bits per heavy atom. The normalized spacial score (nSPS) is 15.0. The van der Waals surface area contributed by atoms with Crippen LogP contribution in [0.5, 0.6) is 0 Å². The average Bonchev–Trinajstić information content (AvgIpc) is 2.62. The Labute approximate surface area is 143 Å². The van der Waals surface area contributed by atoms with Crippen LogP contribution in [0.15, 0.2) is 42.7 Å². The number of pyridine rings is 1. The van der Waals surface area contributed by atoms with Crippen LogP contribution in [0.3, 0.4) is 0 Å². The molecule has 2 amide bonds. The molecule has 0 radical (unpaired) electrons. The lowest BCUT2D eigenvalue weighted by atomic mass is 9.95. The molecule has 2 aromatic rings. The second kappa shape index (κ2) is 7.38. The Hall–Kier alpha value is -2.83. The van der Waals surface area contributed by atoms with E-state index < -0.39 is 17.5 Å². The predicted molar refractivity (Wildman–Crippen MR) is 87.9 cm³/mol. The van der Waals surface area contributed by atoms with Gasteiger partial charge in [0.1, 0.15) is 11.6 Å². The van der Waals surface area contributed by atoms with Crippen molar-refractivity contribution in [2.75, 3.05) is 18.4 Å². The molecule has 1 fully saturated rings. The fraction of sp³-hybridized carbons (Fsp3) is 0.278. The zero-order valence-corrected chi connectivity index (χ0v) is 13.4. The summed E-state index contributed by atoms with van der Waals surface area (Å²) >= 11 is 0. The van der Waals surface area contributed by atoms with Crippen LogP contribution in [0.4, 0.5) is 14.5 Å². The molecular weight excluding hydrogens is 328 g/mol. The molecule has 0 saturated carbocycles. The van der Waals surface area contributed by atoms with E-state index in [0.717, 1.165) is 12.1 Å². The number of halogens is 2. The summed E-state index contributed by atoms with van der Waals surface area (Å²) in [6.07, 6.45) is 4.17. The molecule has 1 aliphatic heterocycles. The zero-order valence-electron chi connectivity index (χ0n) is 13.4. The van der Waals surface area contributed by atoms with E-state index in [2.05, 4.69) is 10.3 Å². The number of carbonyl (C=O) groups is 2. The van der Waals surface area contributed by atoms with E-state index in [-0.39, 0.29) is 17.4 Å². The predicted octanol–water partition coefficient (Wildman–Crippen LogP) is 2.85. The van der Waals surface area contributed by atoms with E-state index in [4.69, 9.17) is 0 Å². The van der Waals surface area contributed by atoms with Gasteiger partial charge in [-0.25, -0.2) is 8.78 Å². The van der Waals surface area contributed by atoms with E-state index in [1.54, 1.807) is 24.5 Å². The van der Waals surface area contributed by atoms with Crippen molar-refractivity contribution in [3.8, 4) is 0 Å². The molecule has 25 heavy (non-hydrogen) atoms. The maximum absolute atomic E-state index is 13.7. The number of hydrogen-bond donors (Lipinski definition) is 1. The summed E-state index contributed by atoms with van der Waals surface area (Å²) < 4.78 is 26.7. The van der Waals surface area contributed by atoms with Crippen LogP contribution < -0.4 is 5.32 Å². The Balaban J connectivity index is 1.58. The maximum Gasteiger partial charge on any atom is 0.256 e. The van der Waals surface area contributed by atoms with Gasteiger partial charge in [0.25, 0.3) is 5.91 Å². The van der Waals surface area contributed by atoms with E-state index in [1.807, 2.05) is 0 Å². The number of nitrogens with zero attached hydrogens (tertiary/aromatic N) is 2. The first-order valence-electron chi connectivity index (χ1n) is 8.00. The van der Waals surface area contributed by atoms with Crippen LogP contribution in [0, 0.1) is 17.6 Å². The van der Waals surface area contributed by atoms with Gasteiger partial charge >= 0.3 is 0 Å². The second-order valence-corrected chi connectivity index (χ2v) is 5.92. The number of carbonyl (C=O) groups excluding carboxylic acids is 2. The molecule has 0 atom stereocenters. The highest BCUT2D eigenvalue weighted by Crippen LogP contribution is 2.22. The molecule has 1 aromatic carbocycles. The van der Waals surface area contributed by atoms with Gasteiger partial charge in [-0.15, -0.1) is 0 Å². The van der Waals surface area contributed by atoms with Gasteiger partial charge in [-0.05, 0) is 37.1 Å². The molecule has 7 heteroatoms. The van der Waals surface area contributed by atoms with E-state index in [9.17, 15) is 18.4 Å². The van der Waals surface area contributed by atoms with Gasteiger partial charge in [0, 0.05) is 43.2 Å². The molecule has 2 heterocycles. The molecule has 3 rings (SSSR count). The largest absolute Gasteiger partial charge is 0.339 e. The summed E-state index contributed by atoms with van der Waals surface area (Å²) in [5.74, 6) is -2.39. The monoisotopic (exact) mass is 345 g/mol. The lowest BCUT2D eigenvalue weighted by Crippen LogP contribution is -2.41. The highest BCUT2D eigenvalue weighted by atomic mass is 19.1. The zero-order chi connectivity index (χ0) is 17.8. The van der Waals surface area contributed by atoms with Gasteiger partial charge in [0.2, 0.25) is 5.91 Å². The smallest absolute Gasteiger partial charge is 0.256 e. The van der Waals surface area contributed by atoms with Crippen LogP contribution in [0.1, 0.15) is 23.2 Å². The lowest BCUT2D eigenvalue weighted by Gasteiger charge is -2.31. The van der Waals surface area contributed by atoms with Crippen molar-refractivity contribution in [3.63, 3.8) is 0 Å². The highest BCUT2D eigenvalue weighted by molar-refractivity contribution is 5.95. The number of anilines is 1. The van der Waals surface area contributed by atoms with Crippen molar-refractivity contribution in [3.05, 3.63) is 59.9 Å². The van der Waals surface area contributed by atoms with Gasteiger partial charge in [0.05, 0.1) is 5.56 Å². The average molecular weight is 345 g/mol. The van der Waals surface area contributed by atoms with Crippen molar-refractivity contribution < 1.29 is 18.4 Å². The van der Waals surface area contributed by atoms with Gasteiger partial charge in [-0.2, -0.15) is 0 Å². The summed E-state index contributed by atoms with van der Waals surface area (Å²) in [6, 6.07) is 6.31. The summed E-state index contributed by atoms with van der Waals surface area (Å²) in [5, 5.41) is 2.82. The third-order valence-corrected chi connectivity index (χ3v) is 4.26. The van der Waals surface area contributed by atoms with Gasteiger partial charge in [0.15, 0.2) is 0 Å². The number of rotatable bonds is 3. The minimum atomic E-state index is -0.873. The molecule has 1 saturated heterocycles. The Morgan fingerprint density at radius 3 is 2.40 bits per heavy atom. The Bertz CT molecular complexity index is 775. The summed E-state index contributed by atoms with van der Waals surface area (Å²) in [5.41, 5.74) is 0.521. The van der Waals surface area contributed by atoms with Crippen LogP contribution >= 0.6 is 0 Å². The molecule has 0 bridgehead atoms. The number of piperidine rings is 1. The topological polar surface area (TPSA) is 62.3 Å². The van der Waals surface area contributed by atoms with Crippen LogP contribution in [-0.2, 0) is 4.79 Å². The summed E-state index contributed by atoms with van der Waals surface area (Å²) in [6.45, 7) is 0.703. The van der Waals surface area contributed by atoms with Crippen molar-refractivity contribution >= 4 is 17.5 Å².